The van der Waals surface area contributed by atoms with Gasteiger partial charge in [-0.15, -0.1) is 0 Å². The van der Waals surface area contributed by atoms with Gasteiger partial charge in [0.15, 0.2) is 0 Å². The highest BCUT2D eigenvalue weighted by Crippen LogP contribution is 2.47. The van der Waals surface area contributed by atoms with Crippen molar-refractivity contribution in [2.45, 2.75) is 112 Å². The van der Waals surface area contributed by atoms with Gasteiger partial charge in [-0.05, 0) is 140 Å². The quantitative estimate of drug-likeness (QED) is 0.159. The van der Waals surface area contributed by atoms with Crippen LogP contribution in [-0.4, -0.2) is 16.2 Å². The molecule has 0 amide bonds. The van der Waals surface area contributed by atoms with Gasteiger partial charge in [0, 0.05) is 46.0 Å². The molecule has 9 aromatic rings. The van der Waals surface area contributed by atoms with Crippen LogP contribution in [0.2, 0.25) is 0 Å². The Balaban J connectivity index is 1.03. The van der Waals surface area contributed by atoms with Crippen LogP contribution in [0.1, 0.15) is 111 Å². The SMILES string of the molecule is Cc1cc(-n2c3ccc(-c4ccc(C(C)(C)C)cc4)cc3c3ccc(Oc4cccc(N5CN(c6cc(C(C)(C)C)cc(C(C)(C)C)c6)c6ccccc65)c4)cc32)ncc1-c1cccc(C(C)(C)C)c1. The van der Waals surface area contributed by atoms with Crippen molar-refractivity contribution in [3.8, 4) is 39.6 Å². The van der Waals surface area contributed by atoms with Crippen LogP contribution in [0.15, 0.2) is 164 Å². The molecule has 0 unspecified atom stereocenters. The van der Waals surface area contributed by atoms with Gasteiger partial charge in [-0.25, -0.2) is 4.98 Å². The first-order chi connectivity index (χ1) is 33.1. The van der Waals surface area contributed by atoms with Crippen molar-refractivity contribution in [2.24, 2.45) is 0 Å². The number of nitrogens with zero attached hydrogens (tertiary/aromatic N) is 4. The van der Waals surface area contributed by atoms with E-state index in [4.69, 9.17) is 9.72 Å². The Labute approximate surface area is 416 Å². The number of para-hydroxylation sites is 2. The number of benzene rings is 7. The van der Waals surface area contributed by atoms with E-state index in [1.54, 1.807) is 0 Å². The maximum Gasteiger partial charge on any atom is 0.137 e. The monoisotopic (exact) mass is 921 g/mol. The molecule has 0 atom stereocenters. The third-order valence-corrected chi connectivity index (χ3v) is 14.3. The van der Waals surface area contributed by atoms with E-state index in [2.05, 4.69) is 262 Å². The summed E-state index contributed by atoms with van der Waals surface area (Å²) in [4.78, 5) is 10.1. The number of pyridine rings is 1. The van der Waals surface area contributed by atoms with Crippen LogP contribution in [-0.2, 0) is 21.7 Å². The first-order valence-corrected chi connectivity index (χ1v) is 25.0. The molecule has 7 aromatic carbocycles. The van der Waals surface area contributed by atoms with E-state index < -0.39 is 0 Å². The van der Waals surface area contributed by atoms with Gasteiger partial charge in [-0.1, -0.05) is 162 Å². The number of ether oxygens (including phenoxy) is 1. The molecule has 5 nitrogen and oxygen atoms in total. The molecule has 1 aliphatic rings. The molecule has 5 heteroatoms. The summed E-state index contributed by atoms with van der Waals surface area (Å²) < 4.78 is 9.18. The summed E-state index contributed by atoms with van der Waals surface area (Å²) in [5.41, 5.74) is 18.1. The van der Waals surface area contributed by atoms with Crippen LogP contribution in [0.25, 0.3) is 49.9 Å². The van der Waals surface area contributed by atoms with Crippen LogP contribution in [0, 0.1) is 6.92 Å². The molecule has 1 aliphatic heterocycles. The van der Waals surface area contributed by atoms with Crippen LogP contribution in [0.5, 0.6) is 11.5 Å². The maximum atomic E-state index is 6.88. The molecule has 0 radical (unpaired) electrons. The number of aromatic nitrogens is 2. The summed E-state index contributed by atoms with van der Waals surface area (Å²) in [6, 6.07) is 57.9. The molecule has 3 heterocycles. The van der Waals surface area contributed by atoms with Gasteiger partial charge in [-0.3, -0.25) is 4.57 Å². The fourth-order valence-electron chi connectivity index (χ4n) is 9.91. The molecule has 10 rings (SSSR count). The number of hydrogen-bond donors (Lipinski definition) is 0. The Morgan fingerprint density at radius 1 is 0.429 bits per heavy atom. The number of anilines is 4. The Morgan fingerprint density at radius 3 is 1.69 bits per heavy atom. The lowest BCUT2D eigenvalue weighted by Crippen LogP contribution is -2.25. The van der Waals surface area contributed by atoms with Gasteiger partial charge < -0.3 is 14.5 Å². The highest BCUT2D eigenvalue weighted by Gasteiger charge is 2.31. The first kappa shape index (κ1) is 46.6. The highest BCUT2D eigenvalue weighted by atomic mass is 16.5. The third kappa shape index (κ3) is 8.87. The fourth-order valence-corrected chi connectivity index (χ4v) is 9.91. The average molecular weight is 921 g/mol. The van der Waals surface area contributed by atoms with Gasteiger partial charge in [0.1, 0.15) is 24.0 Å². The molecule has 0 fully saturated rings. The first-order valence-electron chi connectivity index (χ1n) is 25.0. The van der Waals surface area contributed by atoms with Gasteiger partial charge in [0.2, 0.25) is 0 Å². The fraction of sp³-hybridized carbons (Fsp3) is 0.277. The van der Waals surface area contributed by atoms with Crippen LogP contribution in [0.4, 0.5) is 22.7 Å². The van der Waals surface area contributed by atoms with Crippen molar-refractivity contribution in [1.82, 2.24) is 9.55 Å². The normalized spacial score (nSPS) is 13.4. The van der Waals surface area contributed by atoms with E-state index in [1.807, 2.05) is 6.20 Å². The highest BCUT2D eigenvalue weighted by molar-refractivity contribution is 6.10. The van der Waals surface area contributed by atoms with Gasteiger partial charge in [0.25, 0.3) is 0 Å². The Bertz CT molecular complexity index is 3410. The zero-order valence-electron chi connectivity index (χ0n) is 43.5. The van der Waals surface area contributed by atoms with Gasteiger partial charge in [-0.2, -0.15) is 0 Å². The van der Waals surface area contributed by atoms with Crippen LogP contribution in [0.3, 0.4) is 0 Å². The Hall–Kier alpha value is -7.11. The van der Waals surface area contributed by atoms with E-state index in [0.29, 0.717) is 6.67 Å². The third-order valence-electron chi connectivity index (χ3n) is 14.3. The summed E-state index contributed by atoms with van der Waals surface area (Å²) in [6.07, 6.45) is 2.05. The zero-order chi connectivity index (χ0) is 49.5. The zero-order valence-corrected chi connectivity index (χ0v) is 43.5. The number of hydrogen-bond acceptors (Lipinski definition) is 4. The molecule has 0 aliphatic carbocycles. The molecule has 2 aromatic heterocycles. The van der Waals surface area contributed by atoms with Crippen molar-refractivity contribution in [1.29, 1.82) is 0 Å². The Morgan fingerprint density at radius 2 is 1.04 bits per heavy atom. The van der Waals surface area contributed by atoms with E-state index in [0.717, 1.165) is 45.0 Å². The Kier molecular flexibility index (Phi) is 11.4. The maximum absolute atomic E-state index is 6.88. The van der Waals surface area contributed by atoms with Crippen molar-refractivity contribution in [2.75, 3.05) is 16.5 Å². The summed E-state index contributed by atoms with van der Waals surface area (Å²) in [5.74, 6) is 2.41. The average Bonchev–Trinajstić information content (AvgIpc) is 3.86. The molecule has 0 saturated carbocycles. The molecular formula is C65H68N4O. The smallest absolute Gasteiger partial charge is 0.137 e. The minimum Gasteiger partial charge on any atom is -0.457 e. The van der Waals surface area contributed by atoms with E-state index >= 15 is 0 Å². The summed E-state index contributed by atoms with van der Waals surface area (Å²) in [6.45, 7) is 30.3. The molecule has 0 spiro atoms. The lowest BCUT2D eigenvalue weighted by Gasteiger charge is -2.29. The second-order valence-corrected chi connectivity index (χ2v) is 23.6. The van der Waals surface area contributed by atoms with E-state index in [-0.39, 0.29) is 21.7 Å². The molecule has 70 heavy (non-hydrogen) atoms. The van der Waals surface area contributed by atoms with Gasteiger partial charge >= 0.3 is 0 Å². The van der Waals surface area contributed by atoms with Crippen LogP contribution >= 0.6 is 0 Å². The largest absolute Gasteiger partial charge is 0.457 e. The predicted molar refractivity (Wildman–Crippen MR) is 298 cm³/mol. The minimum atomic E-state index is 0.0129. The minimum absolute atomic E-state index is 0.0129. The second kappa shape index (κ2) is 17.1. The lowest BCUT2D eigenvalue weighted by atomic mass is 9.80. The molecule has 354 valence electrons. The van der Waals surface area contributed by atoms with Crippen molar-refractivity contribution < 1.29 is 4.74 Å². The summed E-state index contributed by atoms with van der Waals surface area (Å²) in [5, 5.41) is 2.31. The number of fused-ring (bicyclic) bond motifs is 4. The second-order valence-electron chi connectivity index (χ2n) is 23.6. The molecular weight excluding hydrogens is 853 g/mol. The predicted octanol–water partition coefficient (Wildman–Crippen LogP) is 18.1. The molecule has 0 bridgehead atoms. The van der Waals surface area contributed by atoms with E-state index in [9.17, 15) is 0 Å². The summed E-state index contributed by atoms with van der Waals surface area (Å²) >= 11 is 0. The summed E-state index contributed by atoms with van der Waals surface area (Å²) in [7, 11) is 0. The number of aryl methyl sites for hydroxylation is 1. The van der Waals surface area contributed by atoms with Crippen molar-refractivity contribution >= 4 is 44.6 Å². The van der Waals surface area contributed by atoms with Crippen molar-refractivity contribution in [3.63, 3.8) is 0 Å². The van der Waals surface area contributed by atoms with Crippen molar-refractivity contribution in [3.05, 3.63) is 192 Å². The topological polar surface area (TPSA) is 33.5 Å². The van der Waals surface area contributed by atoms with Crippen LogP contribution < -0.4 is 14.5 Å². The number of rotatable bonds is 7. The molecule has 0 N–H and O–H groups in total. The van der Waals surface area contributed by atoms with E-state index in [1.165, 1.54) is 67.0 Å². The molecule has 0 saturated heterocycles. The standard InChI is InChI=1S/C65H68N4O/c1-42-32-61(66-40-56(42)45-18-16-19-47(33-45)63(5,6)7)69-57-31-26-44(43-24-27-46(28-25-43)62(2,3)4)34-55(57)54-30-29-53(39-60(54)69)70-52-21-17-20-50(38-52)67-41-68(59-23-15-14-22-58(59)67)51-36-48(64(8,9)10)35-49(37-51)65(11,12)13/h14-40H,41H2,1-13H3. The van der Waals surface area contributed by atoms with Gasteiger partial charge in [0.05, 0.1) is 22.4 Å². The lowest BCUT2D eigenvalue weighted by molar-refractivity contribution is 0.483.